The van der Waals surface area contributed by atoms with Crippen LogP contribution in [0.1, 0.15) is 5.56 Å². The molecular formula is C20H14ClN2O6S-. The topological polar surface area (TPSA) is 108 Å². The third kappa shape index (κ3) is 4.58. The van der Waals surface area contributed by atoms with Crippen molar-refractivity contribution in [1.82, 2.24) is 5.32 Å². The lowest BCUT2D eigenvalue weighted by Gasteiger charge is -2.29. The molecule has 0 bridgehead atoms. The predicted molar refractivity (Wildman–Crippen MR) is 111 cm³/mol. The summed E-state index contributed by atoms with van der Waals surface area (Å²) in [6.45, 7) is -0.648. The number of nitrogens with one attached hydrogen (secondary N) is 1. The Morgan fingerprint density at radius 2 is 1.90 bits per heavy atom. The van der Waals surface area contributed by atoms with Gasteiger partial charge in [-0.15, -0.1) is 0 Å². The van der Waals surface area contributed by atoms with Crippen LogP contribution in [0.3, 0.4) is 0 Å². The molecule has 0 saturated carbocycles. The Balaban J connectivity index is 1.94. The van der Waals surface area contributed by atoms with E-state index in [1.807, 2.05) is 0 Å². The summed E-state index contributed by atoms with van der Waals surface area (Å²) in [4.78, 5) is 37.1. The van der Waals surface area contributed by atoms with E-state index in [0.29, 0.717) is 16.3 Å². The Morgan fingerprint density at radius 1 is 1.20 bits per heavy atom. The van der Waals surface area contributed by atoms with Crippen molar-refractivity contribution in [2.45, 2.75) is 0 Å². The lowest BCUT2D eigenvalue weighted by Crippen LogP contribution is -2.54. The summed E-state index contributed by atoms with van der Waals surface area (Å²) in [5.74, 6) is -2.24. The number of benzene rings is 2. The largest absolute Gasteiger partial charge is 0.546 e. The molecule has 0 unspecified atom stereocenters. The Morgan fingerprint density at radius 3 is 2.53 bits per heavy atom. The molecule has 0 aromatic heterocycles. The summed E-state index contributed by atoms with van der Waals surface area (Å²) < 4.78 is 10.3. The molecule has 2 aromatic rings. The number of carboxylic acids is 1. The lowest BCUT2D eigenvalue weighted by atomic mass is 10.1. The summed E-state index contributed by atoms with van der Waals surface area (Å²) >= 11 is 11.0. The van der Waals surface area contributed by atoms with Crippen LogP contribution in [0.2, 0.25) is 5.02 Å². The Labute approximate surface area is 181 Å². The molecule has 1 heterocycles. The molecule has 3 rings (SSSR count). The second kappa shape index (κ2) is 8.93. The molecule has 0 spiro atoms. The molecule has 1 aliphatic heterocycles. The van der Waals surface area contributed by atoms with E-state index in [4.69, 9.17) is 33.3 Å². The van der Waals surface area contributed by atoms with Crippen LogP contribution in [-0.2, 0) is 14.4 Å². The fourth-order valence-electron chi connectivity index (χ4n) is 2.68. The minimum absolute atomic E-state index is 0.0481. The Bertz CT molecular complexity index is 1070. The molecule has 2 amide bonds. The van der Waals surface area contributed by atoms with Gasteiger partial charge in [-0.2, -0.15) is 0 Å². The van der Waals surface area contributed by atoms with E-state index in [1.165, 1.54) is 30.2 Å². The van der Waals surface area contributed by atoms with Crippen LogP contribution < -0.4 is 24.8 Å². The number of ether oxygens (including phenoxy) is 2. The molecule has 1 fully saturated rings. The zero-order chi connectivity index (χ0) is 21.8. The number of hydrogen-bond donors (Lipinski definition) is 1. The normalized spacial score (nSPS) is 15.2. The first-order valence-electron chi connectivity index (χ1n) is 8.48. The minimum atomic E-state index is -1.38. The highest BCUT2D eigenvalue weighted by Crippen LogP contribution is 2.30. The van der Waals surface area contributed by atoms with Crippen molar-refractivity contribution in [3.8, 4) is 11.5 Å². The van der Waals surface area contributed by atoms with Gasteiger partial charge in [0.05, 0.1) is 18.8 Å². The number of carbonyl (C=O) groups excluding carboxylic acids is 3. The molecule has 1 saturated heterocycles. The van der Waals surface area contributed by atoms with Gasteiger partial charge in [-0.3, -0.25) is 19.8 Å². The lowest BCUT2D eigenvalue weighted by molar-refractivity contribution is -0.307. The predicted octanol–water partition coefficient (Wildman–Crippen LogP) is 1.31. The quantitative estimate of drug-likeness (QED) is 0.405. The van der Waals surface area contributed by atoms with Crippen LogP contribution in [0.15, 0.2) is 48.0 Å². The van der Waals surface area contributed by atoms with Gasteiger partial charge < -0.3 is 19.4 Å². The summed E-state index contributed by atoms with van der Waals surface area (Å²) in [7, 11) is 1.37. The summed E-state index contributed by atoms with van der Waals surface area (Å²) in [5.41, 5.74) is 0.753. The first-order chi connectivity index (χ1) is 14.3. The van der Waals surface area contributed by atoms with Crippen molar-refractivity contribution >= 4 is 58.5 Å². The SMILES string of the molecule is COc1cc(/C=C2\C(=O)NC(=S)N(c3ccc(Cl)cc3)C2=O)ccc1OCC(=O)[O-]. The molecule has 2 aromatic carbocycles. The summed E-state index contributed by atoms with van der Waals surface area (Å²) in [6, 6.07) is 10.9. The van der Waals surface area contributed by atoms with Crippen molar-refractivity contribution in [2.75, 3.05) is 18.6 Å². The van der Waals surface area contributed by atoms with Crippen molar-refractivity contribution in [1.29, 1.82) is 0 Å². The van der Waals surface area contributed by atoms with Gasteiger partial charge in [0.1, 0.15) is 12.2 Å². The van der Waals surface area contributed by atoms with Gasteiger partial charge in [-0.05, 0) is 60.3 Å². The van der Waals surface area contributed by atoms with E-state index in [0.717, 1.165) is 0 Å². The molecule has 10 heteroatoms. The van der Waals surface area contributed by atoms with E-state index in [-0.39, 0.29) is 22.2 Å². The monoisotopic (exact) mass is 445 g/mol. The third-order valence-corrected chi connectivity index (χ3v) is 4.57. The molecule has 0 atom stereocenters. The number of nitrogens with zero attached hydrogens (tertiary/aromatic N) is 1. The van der Waals surface area contributed by atoms with Gasteiger partial charge in [-0.25, -0.2) is 0 Å². The average Bonchev–Trinajstić information content (AvgIpc) is 2.71. The number of anilines is 1. The molecule has 0 aliphatic carbocycles. The number of rotatable bonds is 6. The molecule has 30 heavy (non-hydrogen) atoms. The van der Waals surface area contributed by atoms with Gasteiger partial charge in [0.15, 0.2) is 16.6 Å². The van der Waals surface area contributed by atoms with Crippen LogP contribution >= 0.6 is 23.8 Å². The fraction of sp³-hybridized carbons (Fsp3) is 0.100. The van der Waals surface area contributed by atoms with Crippen molar-refractivity contribution < 1.29 is 29.0 Å². The Kier molecular flexibility index (Phi) is 6.34. The van der Waals surface area contributed by atoms with Crippen LogP contribution in [0.5, 0.6) is 11.5 Å². The number of thiocarbonyl (C=S) groups is 1. The van der Waals surface area contributed by atoms with Gasteiger partial charge in [0, 0.05) is 5.02 Å². The van der Waals surface area contributed by atoms with Gasteiger partial charge >= 0.3 is 0 Å². The zero-order valence-corrected chi connectivity index (χ0v) is 17.1. The first-order valence-corrected chi connectivity index (χ1v) is 9.26. The van der Waals surface area contributed by atoms with Crippen LogP contribution in [-0.4, -0.2) is 36.6 Å². The number of amides is 2. The molecule has 8 nitrogen and oxygen atoms in total. The van der Waals surface area contributed by atoms with Crippen LogP contribution in [0.4, 0.5) is 5.69 Å². The molecule has 0 radical (unpaired) electrons. The maximum absolute atomic E-state index is 13.0. The average molecular weight is 446 g/mol. The molecule has 154 valence electrons. The van der Waals surface area contributed by atoms with Crippen LogP contribution in [0, 0.1) is 0 Å². The maximum Gasteiger partial charge on any atom is 0.270 e. The minimum Gasteiger partial charge on any atom is -0.546 e. The molecule has 1 N–H and O–H groups in total. The van der Waals surface area contributed by atoms with E-state index in [1.54, 1.807) is 30.3 Å². The zero-order valence-electron chi connectivity index (χ0n) is 15.5. The second-order valence-corrected chi connectivity index (χ2v) is 6.83. The van der Waals surface area contributed by atoms with Gasteiger partial charge in [0.2, 0.25) is 0 Å². The maximum atomic E-state index is 13.0. The number of carboxylic acid groups (broad SMARTS) is 1. The summed E-state index contributed by atoms with van der Waals surface area (Å²) in [6.07, 6.45) is 1.37. The van der Waals surface area contributed by atoms with Crippen molar-refractivity contribution in [2.24, 2.45) is 0 Å². The number of hydrogen-bond acceptors (Lipinski definition) is 7. The summed E-state index contributed by atoms with van der Waals surface area (Å²) in [5, 5.41) is 13.5. The van der Waals surface area contributed by atoms with E-state index < -0.39 is 24.4 Å². The highest BCUT2D eigenvalue weighted by Gasteiger charge is 2.34. The molecule has 1 aliphatic rings. The number of aliphatic carboxylic acids is 1. The van der Waals surface area contributed by atoms with E-state index >= 15 is 0 Å². The Hall–Kier alpha value is -3.43. The van der Waals surface area contributed by atoms with Gasteiger partial charge in [0.25, 0.3) is 11.8 Å². The second-order valence-electron chi connectivity index (χ2n) is 6.01. The smallest absolute Gasteiger partial charge is 0.270 e. The highest BCUT2D eigenvalue weighted by atomic mass is 35.5. The highest BCUT2D eigenvalue weighted by molar-refractivity contribution is 7.80. The standard InChI is InChI=1S/C20H15ClN2O6S/c1-28-16-9-11(2-7-15(16)29-10-17(24)25)8-14-18(26)22-20(30)23(19(14)27)13-5-3-12(21)4-6-13/h2-9H,10H2,1H3,(H,24,25)(H,22,26,30)/p-1/b14-8+. The number of halogens is 1. The van der Waals surface area contributed by atoms with E-state index in [9.17, 15) is 19.5 Å². The van der Waals surface area contributed by atoms with Crippen LogP contribution in [0.25, 0.3) is 6.08 Å². The van der Waals surface area contributed by atoms with Gasteiger partial charge in [-0.1, -0.05) is 17.7 Å². The number of carbonyl (C=O) groups is 3. The van der Waals surface area contributed by atoms with Crippen molar-refractivity contribution in [3.63, 3.8) is 0 Å². The van der Waals surface area contributed by atoms with Crippen molar-refractivity contribution in [3.05, 3.63) is 58.6 Å². The third-order valence-electron chi connectivity index (χ3n) is 4.03. The molecular weight excluding hydrogens is 432 g/mol. The first kappa shape index (κ1) is 21.3. The fourth-order valence-corrected chi connectivity index (χ4v) is 3.09. The van der Waals surface area contributed by atoms with E-state index in [2.05, 4.69) is 5.32 Å². The number of methoxy groups -OCH3 is 1.